The second kappa shape index (κ2) is 7.22. The minimum absolute atomic E-state index is 0.0616. The van der Waals surface area contributed by atoms with Gasteiger partial charge in [-0.1, -0.05) is 0 Å². The Bertz CT molecular complexity index is 521. The van der Waals surface area contributed by atoms with Gasteiger partial charge in [0.2, 0.25) is 0 Å². The van der Waals surface area contributed by atoms with Crippen LogP contribution in [0.25, 0.3) is 0 Å². The lowest BCUT2D eigenvalue weighted by atomic mass is 10.0. The largest absolute Gasteiger partial charge is 0.493 e. The van der Waals surface area contributed by atoms with Gasteiger partial charge in [0.15, 0.2) is 5.78 Å². The molecule has 1 aliphatic heterocycles. The Labute approximate surface area is 124 Å². The molecule has 5 heteroatoms. The lowest BCUT2D eigenvalue weighted by molar-refractivity contribution is 0.0697. The van der Waals surface area contributed by atoms with Crippen molar-refractivity contribution in [3.8, 4) is 5.75 Å². The molecule has 21 heavy (non-hydrogen) atoms. The fraction of sp³-hybridized carbons (Fsp3) is 0.500. The molecule has 0 bridgehead atoms. The first kappa shape index (κ1) is 15.5. The fourth-order valence-electron chi connectivity index (χ4n) is 2.56. The van der Waals surface area contributed by atoms with Gasteiger partial charge in [0.25, 0.3) is 0 Å². The molecule has 0 radical (unpaired) electrons. The summed E-state index contributed by atoms with van der Waals surface area (Å²) in [5.41, 5.74) is 0.485. The molecule has 0 unspecified atom stereocenters. The van der Waals surface area contributed by atoms with Gasteiger partial charge >= 0.3 is 5.97 Å². The third-order valence-electron chi connectivity index (χ3n) is 3.68. The van der Waals surface area contributed by atoms with Gasteiger partial charge in [0.1, 0.15) is 5.75 Å². The summed E-state index contributed by atoms with van der Waals surface area (Å²) in [5.74, 6) is -0.631. The molecule has 1 saturated heterocycles. The van der Waals surface area contributed by atoms with Gasteiger partial charge in [-0.2, -0.15) is 0 Å². The number of ketones is 1. The highest BCUT2D eigenvalue weighted by atomic mass is 16.5. The monoisotopic (exact) mass is 291 g/mol. The van der Waals surface area contributed by atoms with E-state index < -0.39 is 5.97 Å². The number of likely N-dealkylation sites (tertiary alicyclic amines) is 1. The topological polar surface area (TPSA) is 66.8 Å². The van der Waals surface area contributed by atoms with E-state index in [0.717, 1.165) is 19.6 Å². The second-order valence-electron chi connectivity index (χ2n) is 5.17. The van der Waals surface area contributed by atoms with Crippen LogP contribution in [-0.4, -0.2) is 48.0 Å². The summed E-state index contributed by atoms with van der Waals surface area (Å²) in [6.07, 6.45) is 2.77. The lowest BCUT2D eigenvalue weighted by Crippen LogP contribution is -2.23. The van der Waals surface area contributed by atoms with E-state index in [-0.39, 0.29) is 11.3 Å². The standard InChI is InChI=1S/C16H21NO4/c1-2-21-15-6-5-12(16(19)20)11-13(15)14(18)7-10-17-8-3-4-9-17/h5-6,11H,2-4,7-10H2,1H3,(H,19,20). The zero-order valence-corrected chi connectivity index (χ0v) is 12.3. The third-order valence-corrected chi connectivity index (χ3v) is 3.68. The van der Waals surface area contributed by atoms with Gasteiger partial charge in [0, 0.05) is 13.0 Å². The number of rotatable bonds is 7. The predicted molar refractivity (Wildman–Crippen MR) is 79.2 cm³/mol. The molecule has 5 nitrogen and oxygen atoms in total. The number of Topliss-reactive ketones (excluding diaryl/α,β-unsaturated/α-hetero) is 1. The molecule has 0 spiro atoms. The van der Waals surface area contributed by atoms with Gasteiger partial charge in [0.05, 0.1) is 17.7 Å². The van der Waals surface area contributed by atoms with Gasteiger partial charge in [-0.05, 0) is 51.1 Å². The number of hydrogen-bond donors (Lipinski definition) is 1. The SMILES string of the molecule is CCOc1ccc(C(=O)O)cc1C(=O)CCN1CCCC1. The minimum atomic E-state index is -1.04. The second-order valence-corrected chi connectivity index (χ2v) is 5.17. The number of aromatic carboxylic acids is 1. The lowest BCUT2D eigenvalue weighted by Gasteiger charge is -2.15. The quantitative estimate of drug-likeness (QED) is 0.782. The molecule has 1 fully saturated rings. The minimum Gasteiger partial charge on any atom is -0.493 e. The molecule has 0 atom stereocenters. The van der Waals surface area contributed by atoms with Crippen LogP contribution in [0.2, 0.25) is 0 Å². The Kier molecular flexibility index (Phi) is 5.33. The average molecular weight is 291 g/mol. The number of ether oxygens (including phenoxy) is 1. The van der Waals surface area contributed by atoms with Crippen LogP contribution in [-0.2, 0) is 0 Å². The van der Waals surface area contributed by atoms with Crippen LogP contribution in [0.1, 0.15) is 46.9 Å². The number of nitrogens with zero attached hydrogens (tertiary/aromatic N) is 1. The molecule has 0 amide bonds. The van der Waals surface area contributed by atoms with Crippen LogP contribution in [0.15, 0.2) is 18.2 Å². The average Bonchev–Trinajstić information content (AvgIpc) is 2.98. The summed E-state index contributed by atoms with van der Waals surface area (Å²) in [7, 11) is 0. The molecule has 2 rings (SSSR count). The highest BCUT2D eigenvalue weighted by molar-refractivity contribution is 6.01. The van der Waals surface area contributed by atoms with Crippen LogP contribution in [0.3, 0.4) is 0 Å². The van der Waals surface area contributed by atoms with E-state index in [9.17, 15) is 9.59 Å². The molecule has 0 saturated carbocycles. The summed E-state index contributed by atoms with van der Waals surface area (Å²) in [5, 5.41) is 9.05. The van der Waals surface area contributed by atoms with Crippen molar-refractivity contribution in [2.75, 3.05) is 26.2 Å². The number of carbonyl (C=O) groups is 2. The van der Waals surface area contributed by atoms with Gasteiger partial charge in [-0.25, -0.2) is 4.79 Å². The molecule has 1 aliphatic rings. The van der Waals surface area contributed by atoms with E-state index in [1.165, 1.54) is 25.0 Å². The maximum absolute atomic E-state index is 12.4. The first-order valence-electron chi connectivity index (χ1n) is 7.37. The molecule has 0 aliphatic carbocycles. The van der Waals surface area contributed by atoms with Crippen molar-refractivity contribution in [2.45, 2.75) is 26.2 Å². The third kappa shape index (κ3) is 4.04. The van der Waals surface area contributed by atoms with Crippen molar-refractivity contribution in [3.05, 3.63) is 29.3 Å². The van der Waals surface area contributed by atoms with E-state index in [1.54, 1.807) is 6.07 Å². The van der Waals surface area contributed by atoms with Crippen molar-refractivity contribution in [3.63, 3.8) is 0 Å². The Morgan fingerprint density at radius 1 is 1.29 bits per heavy atom. The Hall–Kier alpha value is -1.88. The fourth-order valence-corrected chi connectivity index (χ4v) is 2.56. The molecule has 114 valence electrons. The van der Waals surface area contributed by atoms with Crippen LogP contribution in [0.4, 0.5) is 0 Å². The van der Waals surface area contributed by atoms with E-state index in [0.29, 0.717) is 24.3 Å². The summed E-state index contributed by atoms with van der Waals surface area (Å²) in [4.78, 5) is 25.7. The summed E-state index contributed by atoms with van der Waals surface area (Å²) < 4.78 is 5.44. The van der Waals surface area contributed by atoms with Crippen molar-refractivity contribution in [2.24, 2.45) is 0 Å². The normalized spacial score (nSPS) is 15.1. The maximum atomic E-state index is 12.4. The van der Waals surface area contributed by atoms with E-state index >= 15 is 0 Å². The van der Waals surface area contributed by atoms with Crippen molar-refractivity contribution < 1.29 is 19.4 Å². The molecule has 1 N–H and O–H groups in total. The first-order chi connectivity index (χ1) is 10.1. The van der Waals surface area contributed by atoms with Crippen LogP contribution in [0, 0.1) is 0 Å². The van der Waals surface area contributed by atoms with Crippen molar-refractivity contribution in [1.29, 1.82) is 0 Å². The summed E-state index contributed by atoms with van der Waals surface area (Å²) >= 11 is 0. The summed E-state index contributed by atoms with van der Waals surface area (Å²) in [6.45, 7) is 5.09. The molecule has 1 aromatic carbocycles. The van der Waals surface area contributed by atoms with Gasteiger partial charge in [-0.3, -0.25) is 4.79 Å². The summed E-state index contributed by atoms with van der Waals surface area (Å²) in [6, 6.07) is 4.44. The molecule has 1 aromatic rings. The van der Waals surface area contributed by atoms with E-state index in [2.05, 4.69) is 4.90 Å². The highest BCUT2D eigenvalue weighted by Gasteiger charge is 2.18. The first-order valence-corrected chi connectivity index (χ1v) is 7.37. The zero-order valence-electron chi connectivity index (χ0n) is 12.3. The van der Waals surface area contributed by atoms with E-state index in [4.69, 9.17) is 9.84 Å². The molecular weight excluding hydrogens is 270 g/mol. The van der Waals surface area contributed by atoms with Gasteiger partial charge in [-0.15, -0.1) is 0 Å². The molecule has 1 heterocycles. The number of carbonyl (C=O) groups excluding carboxylic acids is 1. The zero-order chi connectivity index (χ0) is 15.2. The highest BCUT2D eigenvalue weighted by Crippen LogP contribution is 2.22. The Morgan fingerprint density at radius 2 is 2.00 bits per heavy atom. The van der Waals surface area contributed by atoms with Gasteiger partial charge < -0.3 is 14.7 Å². The Morgan fingerprint density at radius 3 is 2.62 bits per heavy atom. The van der Waals surface area contributed by atoms with Crippen molar-refractivity contribution >= 4 is 11.8 Å². The molecular formula is C16H21NO4. The number of carboxylic acids is 1. The predicted octanol–water partition coefficient (Wildman–Crippen LogP) is 2.45. The maximum Gasteiger partial charge on any atom is 0.335 e. The smallest absolute Gasteiger partial charge is 0.335 e. The van der Waals surface area contributed by atoms with Crippen molar-refractivity contribution in [1.82, 2.24) is 4.90 Å². The van der Waals surface area contributed by atoms with Crippen LogP contribution in [0.5, 0.6) is 5.75 Å². The number of carboxylic acid groups (broad SMARTS) is 1. The Balaban J connectivity index is 2.11. The molecule has 0 aromatic heterocycles. The van der Waals surface area contributed by atoms with Crippen LogP contribution >= 0.6 is 0 Å². The number of hydrogen-bond acceptors (Lipinski definition) is 4. The number of benzene rings is 1. The van der Waals surface area contributed by atoms with E-state index in [1.807, 2.05) is 6.92 Å². The van der Waals surface area contributed by atoms with Crippen LogP contribution < -0.4 is 4.74 Å².